The molecule has 0 saturated heterocycles. The molecule has 198 valence electrons. The standard InChI is InChI=1S/C36H29N5/c1-38-19-20-40(24-38)28-11-8-12-29(23-28)41-33-14-7-6-13-30(33)31-17-15-27(22-35(31)41)36-37-32-21-26(16-18-34(32)39(36)2)25-9-4-3-5-10-25/h3-23H,24H2,1-2H3. The highest BCUT2D eigenvalue weighted by Crippen LogP contribution is 2.36. The van der Waals surface area contributed by atoms with Crippen LogP contribution in [-0.4, -0.2) is 32.7 Å². The zero-order valence-electron chi connectivity index (χ0n) is 23.1. The molecule has 1 aliphatic rings. The predicted molar refractivity (Wildman–Crippen MR) is 170 cm³/mol. The van der Waals surface area contributed by atoms with Gasteiger partial charge in [0.2, 0.25) is 0 Å². The zero-order chi connectivity index (χ0) is 27.5. The van der Waals surface area contributed by atoms with Crippen molar-refractivity contribution < 1.29 is 0 Å². The Balaban J connectivity index is 1.30. The molecule has 5 nitrogen and oxygen atoms in total. The fourth-order valence-electron chi connectivity index (χ4n) is 6.16. The number of para-hydroxylation sites is 1. The van der Waals surface area contributed by atoms with Crippen molar-refractivity contribution in [2.24, 2.45) is 7.05 Å². The van der Waals surface area contributed by atoms with Crippen LogP contribution in [0, 0.1) is 0 Å². The number of rotatable bonds is 4. The monoisotopic (exact) mass is 531 g/mol. The second kappa shape index (κ2) is 9.14. The Morgan fingerprint density at radius 2 is 1.34 bits per heavy atom. The van der Waals surface area contributed by atoms with Crippen LogP contribution in [-0.2, 0) is 7.05 Å². The molecule has 0 N–H and O–H groups in total. The third kappa shape index (κ3) is 3.81. The van der Waals surface area contributed by atoms with Gasteiger partial charge in [0.05, 0.1) is 28.7 Å². The lowest BCUT2D eigenvalue weighted by Gasteiger charge is -2.19. The van der Waals surface area contributed by atoms with Gasteiger partial charge in [0.1, 0.15) is 5.82 Å². The fourth-order valence-corrected chi connectivity index (χ4v) is 6.16. The van der Waals surface area contributed by atoms with Gasteiger partial charge in [-0.25, -0.2) is 4.98 Å². The molecule has 0 radical (unpaired) electrons. The van der Waals surface area contributed by atoms with Crippen molar-refractivity contribution in [2.75, 3.05) is 18.6 Å². The summed E-state index contributed by atoms with van der Waals surface area (Å²) in [6.07, 6.45) is 4.25. The summed E-state index contributed by atoms with van der Waals surface area (Å²) in [5.74, 6) is 0.961. The summed E-state index contributed by atoms with van der Waals surface area (Å²) in [5.41, 5.74) is 10.3. The minimum atomic E-state index is 0.847. The first-order valence-corrected chi connectivity index (χ1v) is 14.0. The van der Waals surface area contributed by atoms with Crippen molar-refractivity contribution in [1.82, 2.24) is 19.0 Å². The lowest BCUT2D eigenvalue weighted by Crippen LogP contribution is -2.21. The molecule has 0 amide bonds. The van der Waals surface area contributed by atoms with E-state index in [1.54, 1.807) is 0 Å². The molecule has 0 unspecified atom stereocenters. The van der Waals surface area contributed by atoms with E-state index in [0.717, 1.165) is 34.8 Å². The maximum atomic E-state index is 5.14. The van der Waals surface area contributed by atoms with Gasteiger partial charge in [-0.15, -0.1) is 0 Å². The predicted octanol–water partition coefficient (Wildman–Crippen LogP) is 8.18. The number of benzene rings is 5. The van der Waals surface area contributed by atoms with Crippen LogP contribution >= 0.6 is 0 Å². The normalized spacial score (nSPS) is 13.3. The highest BCUT2D eigenvalue weighted by atomic mass is 15.3. The van der Waals surface area contributed by atoms with Gasteiger partial charge in [-0.3, -0.25) is 0 Å². The summed E-state index contributed by atoms with van der Waals surface area (Å²) < 4.78 is 4.59. The van der Waals surface area contributed by atoms with Crippen LogP contribution in [0.4, 0.5) is 5.69 Å². The molecular weight excluding hydrogens is 502 g/mol. The van der Waals surface area contributed by atoms with E-state index < -0.39 is 0 Å². The molecule has 0 bridgehead atoms. The number of imidazole rings is 1. The quantitative estimate of drug-likeness (QED) is 0.229. The Morgan fingerprint density at radius 3 is 2.20 bits per heavy atom. The van der Waals surface area contributed by atoms with Crippen LogP contribution in [0.5, 0.6) is 0 Å². The van der Waals surface area contributed by atoms with E-state index >= 15 is 0 Å². The van der Waals surface area contributed by atoms with Gasteiger partial charge in [-0.05, 0) is 53.6 Å². The van der Waals surface area contributed by atoms with Gasteiger partial charge >= 0.3 is 0 Å². The summed E-state index contributed by atoms with van der Waals surface area (Å²) in [6, 6.07) is 41.3. The molecule has 41 heavy (non-hydrogen) atoms. The van der Waals surface area contributed by atoms with Gasteiger partial charge in [0, 0.05) is 54.2 Å². The van der Waals surface area contributed by atoms with E-state index in [9.17, 15) is 0 Å². The van der Waals surface area contributed by atoms with Crippen LogP contribution in [0.15, 0.2) is 128 Å². The fraction of sp³-hybridized carbons (Fsp3) is 0.0833. The number of anilines is 1. The Labute approximate surface area is 238 Å². The Kier molecular flexibility index (Phi) is 5.25. The van der Waals surface area contributed by atoms with E-state index in [1.165, 1.54) is 38.6 Å². The molecule has 5 aromatic carbocycles. The largest absolute Gasteiger partial charge is 0.361 e. The Bertz CT molecular complexity index is 2120. The molecule has 8 rings (SSSR count). The number of hydrogen-bond donors (Lipinski definition) is 0. The summed E-state index contributed by atoms with van der Waals surface area (Å²) in [4.78, 5) is 9.59. The van der Waals surface area contributed by atoms with Gasteiger partial charge in [-0.2, -0.15) is 0 Å². The molecule has 0 aliphatic carbocycles. The minimum Gasteiger partial charge on any atom is -0.361 e. The molecular formula is C36H29N5. The lowest BCUT2D eigenvalue weighted by atomic mass is 10.1. The number of fused-ring (bicyclic) bond motifs is 4. The molecule has 5 heteroatoms. The van der Waals surface area contributed by atoms with E-state index in [4.69, 9.17) is 4.98 Å². The average Bonchev–Trinajstić information content (AvgIpc) is 3.70. The van der Waals surface area contributed by atoms with Gasteiger partial charge < -0.3 is 18.9 Å². The molecule has 0 fully saturated rings. The molecule has 2 aromatic heterocycles. The van der Waals surface area contributed by atoms with E-state index in [2.05, 4.69) is 161 Å². The lowest BCUT2D eigenvalue weighted by molar-refractivity contribution is 0.496. The molecule has 1 aliphatic heterocycles. The van der Waals surface area contributed by atoms with Crippen molar-refractivity contribution in [3.8, 4) is 28.2 Å². The van der Waals surface area contributed by atoms with Crippen LogP contribution in [0.25, 0.3) is 61.0 Å². The molecule has 3 heterocycles. The van der Waals surface area contributed by atoms with Crippen molar-refractivity contribution in [1.29, 1.82) is 0 Å². The highest BCUT2D eigenvalue weighted by molar-refractivity contribution is 6.10. The van der Waals surface area contributed by atoms with Crippen LogP contribution < -0.4 is 4.90 Å². The van der Waals surface area contributed by atoms with Crippen molar-refractivity contribution in [3.63, 3.8) is 0 Å². The van der Waals surface area contributed by atoms with E-state index in [1.807, 2.05) is 0 Å². The van der Waals surface area contributed by atoms with Crippen molar-refractivity contribution in [3.05, 3.63) is 128 Å². The first-order chi connectivity index (χ1) is 20.1. The minimum absolute atomic E-state index is 0.847. The molecule has 7 aromatic rings. The number of aromatic nitrogens is 3. The van der Waals surface area contributed by atoms with Crippen LogP contribution in [0.2, 0.25) is 0 Å². The number of nitrogens with zero attached hydrogens (tertiary/aromatic N) is 5. The summed E-state index contributed by atoms with van der Waals surface area (Å²) in [7, 11) is 4.20. The van der Waals surface area contributed by atoms with Crippen LogP contribution in [0.3, 0.4) is 0 Å². The third-order valence-corrected chi connectivity index (χ3v) is 8.22. The zero-order valence-corrected chi connectivity index (χ0v) is 23.1. The maximum absolute atomic E-state index is 5.14. The van der Waals surface area contributed by atoms with Crippen LogP contribution in [0.1, 0.15) is 0 Å². The molecule has 0 saturated carbocycles. The first kappa shape index (κ1) is 23.6. The number of hydrogen-bond acceptors (Lipinski definition) is 3. The first-order valence-electron chi connectivity index (χ1n) is 14.0. The maximum Gasteiger partial charge on any atom is 0.140 e. The summed E-state index contributed by atoms with van der Waals surface area (Å²) in [5, 5.41) is 2.48. The SMILES string of the molecule is CN1C=CN(c2cccc(-n3c4ccccc4c4ccc(-c5nc6cc(-c7ccccc7)ccc6n5C)cc43)c2)C1. The smallest absolute Gasteiger partial charge is 0.140 e. The Hall–Kier alpha value is -5.29. The van der Waals surface area contributed by atoms with Gasteiger partial charge in [-0.1, -0.05) is 72.8 Å². The topological polar surface area (TPSA) is 29.2 Å². The highest BCUT2D eigenvalue weighted by Gasteiger charge is 2.17. The second-order valence-electron chi connectivity index (χ2n) is 10.8. The molecule has 0 atom stereocenters. The summed E-state index contributed by atoms with van der Waals surface area (Å²) >= 11 is 0. The summed E-state index contributed by atoms with van der Waals surface area (Å²) in [6.45, 7) is 0.847. The Morgan fingerprint density at radius 1 is 0.561 bits per heavy atom. The van der Waals surface area contributed by atoms with Crippen molar-refractivity contribution in [2.45, 2.75) is 0 Å². The van der Waals surface area contributed by atoms with Crippen molar-refractivity contribution >= 4 is 38.5 Å². The third-order valence-electron chi connectivity index (χ3n) is 8.22. The van der Waals surface area contributed by atoms with E-state index in [0.29, 0.717) is 0 Å². The average molecular weight is 532 g/mol. The second-order valence-corrected chi connectivity index (χ2v) is 10.8. The van der Waals surface area contributed by atoms with E-state index in [-0.39, 0.29) is 0 Å². The van der Waals surface area contributed by atoms with Gasteiger partial charge in [0.25, 0.3) is 0 Å². The molecule has 0 spiro atoms. The van der Waals surface area contributed by atoms with Gasteiger partial charge in [0.15, 0.2) is 0 Å². The number of aryl methyl sites for hydroxylation is 1.